The summed E-state index contributed by atoms with van der Waals surface area (Å²) < 4.78 is 9.71. The molecule has 0 radical (unpaired) electrons. The lowest BCUT2D eigenvalue weighted by molar-refractivity contribution is 0.260. The molecule has 1 aliphatic heterocycles. The van der Waals surface area contributed by atoms with E-state index in [1.165, 1.54) is 0 Å². The lowest BCUT2D eigenvalue weighted by Crippen LogP contribution is -2.38. The van der Waals surface area contributed by atoms with Gasteiger partial charge in [-0.1, -0.05) is 44.4 Å². The number of fused-ring (bicyclic) bond motifs is 1. The number of aryl methyl sites for hydroxylation is 1. The summed E-state index contributed by atoms with van der Waals surface area (Å²) in [6.07, 6.45) is 13.4. The molecule has 1 fully saturated rings. The first-order valence-corrected chi connectivity index (χ1v) is 12.5. The monoisotopic (exact) mass is 502 g/mol. The molecule has 8 heteroatoms. The molecule has 4 N–H and O–H groups in total. The third-order valence-electron chi connectivity index (χ3n) is 6.22. The zero-order valence-corrected chi connectivity index (χ0v) is 21.8. The third-order valence-corrected chi connectivity index (χ3v) is 6.51. The Morgan fingerprint density at radius 2 is 2.14 bits per heavy atom. The highest BCUT2D eigenvalue weighted by Gasteiger charge is 2.32. The van der Waals surface area contributed by atoms with Gasteiger partial charge in [0.15, 0.2) is 0 Å². The highest BCUT2D eigenvalue weighted by atomic mass is 35.5. The van der Waals surface area contributed by atoms with Crippen LogP contribution >= 0.6 is 11.6 Å². The largest absolute Gasteiger partial charge is 0.383 e. The minimum atomic E-state index is -1.37. The summed E-state index contributed by atoms with van der Waals surface area (Å²) in [5, 5.41) is 10.3. The maximum Gasteiger partial charge on any atom is 0.0961 e. The fourth-order valence-corrected chi connectivity index (χ4v) is 4.43. The zero-order chi connectivity index (χ0) is 26.4. The minimum Gasteiger partial charge on any atom is -0.383 e. The number of rotatable bonds is 7. The van der Waals surface area contributed by atoms with E-state index in [0.717, 1.165) is 35.2 Å². The van der Waals surface area contributed by atoms with Crippen molar-refractivity contribution in [1.29, 1.82) is 0 Å². The van der Waals surface area contributed by atoms with Gasteiger partial charge in [-0.3, -0.25) is 15.0 Å². The van der Waals surface area contributed by atoms with Crippen LogP contribution in [0.25, 0.3) is 10.9 Å². The molecule has 2 aliphatic rings. The van der Waals surface area contributed by atoms with E-state index in [0.29, 0.717) is 40.1 Å². The maximum absolute atomic E-state index is 9.71. The molecule has 0 bridgehead atoms. The highest BCUT2D eigenvalue weighted by molar-refractivity contribution is 6.35. The minimum absolute atomic E-state index is 0.0380. The van der Waals surface area contributed by atoms with Crippen LogP contribution in [-0.4, -0.2) is 27.6 Å². The molecule has 1 saturated carbocycles. The SMILES string of the molecule is [2H][C@](Nc1cc(Cl)c2ncc(C#C)c(NCC(C)(C)C)c2c1)(C1=CN(C2CC2)NN1)c1cccnc1C. The van der Waals surface area contributed by atoms with Crippen molar-refractivity contribution >= 4 is 33.9 Å². The van der Waals surface area contributed by atoms with Crippen LogP contribution in [0.2, 0.25) is 5.02 Å². The van der Waals surface area contributed by atoms with Crippen LogP contribution in [-0.2, 0) is 0 Å². The number of nitrogens with one attached hydrogen (secondary N) is 4. The van der Waals surface area contributed by atoms with Crippen molar-refractivity contribution in [3.63, 3.8) is 0 Å². The van der Waals surface area contributed by atoms with Gasteiger partial charge in [0, 0.05) is 53.5 Å². The normalized spacial score (nSPS) is 17.6. The Hall–Kier alpha value is -3.47. The van der Waals surface area contributed by atoms with Crippen molar-refractivity contribution < 1.29 is 1.37 Å². The summed E-state index contributed by atoms with van der Waals surface area (Å²) in [4.78, 5) is 9.00. The summed E-state index contributed by atoms with van der Waals surface area (Å²) in [7, 11) is 0. The molecule has 0 amide bonds. The number of terminal acetylenes is 1. The Morgan fingerprint density at radius 3 is 2.83 bits per heavy atom. The molecule has 186 valence electrons. The molecule has 2 aromatic heterocycles. The van der Waals surface area contributed by atoms with E-state index in [1.54, 1.807) is 18.5 Å². The summed E-state index contributed by atoms with van der Waals surface area (Å²) in [6.45, 7) is 9.10. The average molecular weight is 503 g/mol. The molecule has 1 atom stereocenters. The van der Waals surface area contributed by atoms with Gasteiger partial charge in [-0.15, -0.1) is 12.0 Å². The van der Waals surface area contributed by atoms with Crippen LogP contribution in [0.5, 0.6) is 0 Å². The fraction of sp³-hybridized carbons (Fsp3) is 0.357. The van der Waals surface area contributed by atoms with Gasteiger partial charge >= 0.3 is 0 Å². The van der Waals surface area contributed by atoms with Crippen LogP contribution in [0, 0.1) is 24.7 Å². The van der Waals surface area contributed by atoms with Crippen LogP contribution in [0.15, 0.2) is 48.6 Å². The molecule has 36 heavy (non-hydrogen) atoms. The summed E-state index contributed by atoms with van der Waals surface area (Å²) in [5.41, 5.74) is 11.4. The molecule has 5 rings (SSSR count). The molecular weight excluding hydrogens is 470 g/mol. The number of aromatic nitrogens is 2. The van der Waals surface area contributed by atoms with Crippen LogP contribution < -0.4 is 21.6 Å². The predicted molar refractivity (Wildman–Crippen MR) is 147 cm³/mol. The van der Waals surface area contributed by atoms with E-state index in [2.05, 4.69) is 58.3 Å². The number of benzene rings is 1. The lowest BCUT2D eigenvalue weighted by atomic mass is 9.96. The first-order valence-electron chi connectivity index (χ1n) is 12.6. The second-order valence-electron chi connectivity index (χ2n) is 10.5. The van der Waals surface area contributed by atoms with Crippen molar-refractivity contribution in [1.82, 2.24) is 25.9 Å². The molecule has 3 aromatic rings. The van der Waals surface area contributed by atoms with E-state index in [9.17, 15) is 1.37 Å². The van der Waals surface area contributed by atoms with Gasteiger partial charge in [-0.05, 0) is 43.4 Å². The van der Waals surface area contributed by atoms with Crippen molar-refractivity contribution in [3.05, 3.63) is 70.4 Å². The molecule has 1 aliphatic carbocycles. The standard InChI is InChI=1S/C28H32ClN7/c1-6-18-14-31-26-22(25(18)32-16-28(3,4)5)12-19(13-23(26)29)33-27(21-8-7-11-30-17(21)2)24-15-36(35-34-24)20-9-10-20/h1,7-8,11-15,20,27,33-35H,9-10,16H2,2-5H3,(H,31,32)/t27-/m1/s1/i27D. The highest BCUT2D eigenvalue weighted by Crippen LogP contribution is 2.37. The van der Waals surface area contributed by atoms with Gasteiger partial charge in [0.25, 0.3) is 0 Å². The molecule has 0 saturated heterocycles. The van der Waals surface area contributed by atoms with Gasteiger partial charge in [0.05, 0.1) is 34.9 Å². The van der Waals surface area contributed by atoms with E-state index < -0.39 is 6.02 Å². The number of hydrogen-bond donors (Lipinski definition) is 4. The first kappa shape index (κ1) is 23.0. The summed E-state index contributed by atoms with van der Waals surface area (Å²) in [6, 6.07) is 6.58. The fourth-order valence-electron chi connectivity index (χ4n) is 4.16. The summed E-state index contributed by atoms with van der Waals surface area (Å²) in [5.74, 6) is 2.74. The Balaban J connectivity index is 1.61. The number of anilines is 2. The van der Waals surface area contributed by atoms with E-state index in [-0.39, 0.29) is 5.41 Å². The topological polar surface area (TPSA) is 77.1 Å². The van der Waals surface area contributed by atoms with Crippen LogP contribution in [0.4, 0.5) is 11.4 Å². The second-order valence-corrected chi connectivity index (χ2v) is 10.9. The molecule has 0 unspecified atom stereocenters. The number of hydrogen-bond acceptors (Lipinski definition) is 7. The Morgan fingerprint density at radius 1 is 1.33 bits per heavy atom. The molecule has 3 heterocycles. The number of halogens is 1. The number of hydrazine groups is 2. The van der Waals surface area contributed by atoms with Gasteiger partial charge in [-0.2, -0.15) is 0 Å². The molecule has 7 nitrogen and oxygen atoms in total. The van der Waals surface area contributed by atoms with Crippen LogP contribution in [0.3, 0.4) is 0 Å². The molecule has 1 aromatic carbocycles. The van der Waals surface area contributed by atoms with Crippen molar-refractivity contribution in [2.45, 2.75) is 52.6 Å². The van der Waals surface area contributed by atoms with E-state index >= 15 is 0 Å². The Labute approximate surface area is 219 Å². The Kier molecular flexibility index (Phi) is 6.08. The van der Waals surface area contributed by atoms with Gasteiger partial charge in [0.2, 0.25) is 0 Å². The summed E-state index contributed by atoms with van der Waals surface area (Å²) >= 11 is 6.75. The first-order chi connectivity index (χ1) is 17.6. The van der Waals surface area contributed by atoms with E-state index in [1.807, 2.05) is 36.3 Å². The maximum atomic E-state index is 9.71. The lowest BCUT2D eigenvalue weighted by Gasteiger charge is -2.24. The second kappa shape index (κ2) is 9.53. The van der Waals surface area contributed by atoms with Gasteiger partial charge < -0.3 is 16.1 Å². The van der Waals surface area contributed by atoms with E-state index in [4.69, 9.17) is 18.0 Å². The number of pyridine rings is 2. The van der Waals surface area contributed by atoms with Crippen molar-refractivity contribution in [2.24, 2.45) is 5.41 Å². The third kappa shape index (κ3) is 5.06. The average Bonchev–Trinajstić information content (AvgIpc) is 3.57. The van der Waals surface area contributed by atoms with Gasteiger partial charge in [-0.25, -0.2) is 0 Å². The smallest absolute Gasteiger partial charge is 0.0961 e. The predicted octanol–water partition coefficient (Wildman–Crippen LogP) is 5.51. The van der Waals surface area contributed by atoms with Crippen molar-refractivity contribution in [3.8, 4) is 12.3 Å². The van der Waals surface area contributed by atoms with Crippen LogP contribution in [0.1, 0.15) is 57.8 Å². The molecular formula is C28H32ClN7. The quantitative estimate of drug-likeness (QED) is 0.317. The molecule has 0 spiro atoms. The Bertz CT molecular complexity index is 1420. The van der Waals surface area contributed by atoms with Crippen molar-refractivity contribution in [2.75, 3.05) is 17.2 Å². The number of nitrogens with zero attached hydrogens (tertiary/aromatic N) is 3. The zero-order valence-electron chi connectivity index (χ0n) is 22.0. The van der Waals surface area contributed by atoms with Gasteiger partial charge in [0.1, 0.15) is 0 Å².